The molecule has 0 amide bonds. The van der Waals surface area contributed by atoms with Crippen molar-refractivity contribution in [1.82, 2.24) is 0 Å². The van der Waals surface area contributed by atoms with Gasteiger partial charge in [0.15, 0.2) is 0 Å². The number of hydrogen-bond acceptors (Lipinski definition) is 8. The number of anilines is 1. The fourth-order valence-electron chi connectivity index (χ4n) is 1.89. The van der Waals surface area contributed by atoms with Crippen LogP contribution in [0, 0.1) is 6.92 Å². The zero-order valence-electron chi connectivity index (χ0n) is 10.6. The molecule has 0 bridgehead atoms. The molecule has 0 aromatic heterocycles. The highest BCUT2D eigenvalue weighted by molar-refractivity contribution is 7.94. The van der Waals surface area contributed by atoms with Crippen LogP contribution in [-0.4, -0.2) is 23.3 Å². The van der Waals surface area contributed by atoms with E-state index in [9.17, 15) is 13.5 Å². The van der Waals surface area contributed by atoms with Crippen molar-refractivity contribution < 1.29 is 32.7 Å². The molecule has 0 heterocycles. The van der Waals surface area contributed by atoms with Gasteiger partial charge in [0.2, 0.25) is 0 Å². The minimum absolute atomic E-state index is 0.00315. The Bertz CT molecular complexity index is 804. The summed E-state index contributed by atoms with van der Waals surface area (Å²) in [7, 11) is -4.43. The molecular formula is C11H11NO7S2. The van der Waals surface area contributed by atoms with E-state index in [1.165, 1.54) is 6.07 Å². The van der Waals surface area contributed by atoms with E-state index >= 15 is 0 Å². The van der Waals surface area contributed by atoms with Crippen molar-refractivity contribution in [3.8, 4) is 5.75 Å². The number of aromatic hydroxyl groups is 1. The summed E-state index contributed by atoms with van der Waals surface area (Å²) in [5.74, 6) is -0.170. The van der Waals surface area contributed by atoms with Crippen LogP contribution in [0.5, 0.6) is 5.75 Å². The first kappa shape index (κ1) is 15.8. The molecule has 2 rings (SSSR count). The van der Waals surface area contributed by atoms with E-state index in [0.717, 1.165) is 12.1 Å². The summed E-state index contributed by atoms with van der Waals surface area (Å²) in [6.45, 7) is 1.58. The fraction of sp³-hybridized carbons (Fsp3) is 0.0909. The van der Waals surface area contributed by atoms with Gasteiger partial charge in [0.25, 0.3) is 10.1 Å². The maximum atomic E-state index is 11.2. The number of nitrogen functional groups attached to an aromatic ring is 1. The lowest BCUT2D eigenvalue weighted by molar-refractivity contribution is -0.432. The van der Waals surface area contributed by atoms with Gasteiger partial charge in [-0.3, -0.25) is 4.55 Å². The molecule has 0 aliphatic heterocycles. The van der Waals surface area contributed by atoms with Gasteiger partial charge in [0.1, 0.15) is 5.75 Å². The van der Waals surface area contributed by atoms with Crippen LogP contribution >= 0.6 is 12.0 Å². The van der Waals surface area contributed by atoms with Gasteiger partial charge in [-0.25, -0.2) is 5.26 Å². The predicted octanol–water partition coefficient (Wildman–Crippen LogP) is 2.11. The van der Waals surface area contributed by atoms with Crippen molar-refractivity contribution in [1.29, 1.82) is 0 Å². The Labute approximate surface area is 123 Å². The summed E-state index contributed by atoms with van der Waals surface area (Å²) in [6.07, 6.45) is 0. The van der Waals surface area contributed by atoms with Gasteiger partial charge < -0.3 is 10.8 Å². The van der Waals surface area contributed by atoms with Crippen molar-refractivity contribution in [3.63, 3.8) is 0 Å². The first-order valence-electron chi connectivity index (χ1n) is 5.43. The summed E-state index contributed by atoms with van der Waals surface area (Å²) in [5.41, 5.74) is 6.13. The molecule has 0 radical (unpaired) electrons. The SMILES string of the molecule is Cc1c(SOOO)cc2cc(S(=O)(=O)O)cc(N)c2c1O. The van der Waals surface area contributed by atoms with E-state index in [0.29, 0.717) is 22.5 Å². The number of hydrogen-bond donors (Lipinski definition) is 4. The van der Waals surface area contributed by atoms with Crippen LogP contribution in [0.15, 0.2) is 28.0 Å². The predicted molar refractivity (Wildman–Crippen MR) is 75.2 cm³/mol. The average molecular weight is 333 g/mol. The van der Waals surface area contributed by atoms with Crippen molar-refractivity contribution in [2.45, 2.75) is 16.7 Å². The van der Waals surface area contributed by atoms with Crippen molar-refractivity contribution in [3.05, 3.63) is 23.8 Å². The van der Waals surface area contributed by atoms with Gasteiger partial charge in [-0.15, -0.1) is 4.33 Å². The van der Waals surface area contributed by atoms with Gasteiger partial charge in [0, 0.05) is 21.5 Å². The number of phenols is 1. The lowest BCUT2D eigenvalue weighted by Crippen LogP contribution is -2.00. The van der Waals surface area contributed by atoms with Crippen LogP contribution in [0.2, 0.25) is 0 Å². The second kappa shape index (κ2) is 5.67. The second-order valence-corrected chi connectivity index (χ2v) is 6.32. The Morgan fingerprint density at radius 2 is 1.95 bits per heavy atom. The number of phenolic OH excluding ortho intramolecular Hbond substituents is 1. The lowest BCUT2D eigenvalue weighted by atomic mass is 10.0. The zero-order valence-corrected chi connectivity index (χ0v) is 12.2. The molecule has 2 aromatic rings. The Balaban J connectivity index is 2.76. The monoisotopic (exact) mass is 333 g/mol. The fourth-order valence-corrected chi connectivity index (χ4v) is 2.94. The average Bonchev–Trinajstić information content (AvgIpc) is 2.39. The molecule has 0 atom stereocenters. The highest BCUT2D eigenvalue weighted by Gasteiger charge is 2.17. The van der Waals surface area contributed by atoms with E-state index in [4.69, 9.17) is 15.5 Å². The first-order valence-corrected chi connectivity index (χ1v) is 7.62. The molecular weight excluding hydrogens is 322 g/mol. The summed E-state index contributed by atoms with van der Waals surface area (Å²) < 4.78 is 35.8. The summed E-state index contributed by atoms with van der Waals surface area (Å²) in [6, 6.07) is 3.68. The van der Waals surface area contributed by atoms with Crippen molar-refractivity contribution in [2.75, 3.05) is 5.73 Å². The molecule has 5 N–H and O–H groups in total. The minimum Gasteiger partial charge on any atom is -0.507 e. The summed E-state index contributed by atoms with van der Waals surface area (Å²) >= 11 is 0.610. The van der Waals surface area contributed by atoms with E-state index < -0.39 is 15.0 Å². The van der Waals surface area contributed by atoms with Crippen molar-refractivity contribution >= 4 is 38.6 Å². The largest absolute Gasteiger partial charge is 0.507 e. The Kier molecular flexibility index (Phi) is 4.27. The number of nitrogens with two attached hydrogens (primary N) is 1. The third kappa shape index (κ3) is 3.05. The van der Waals surface area contributed by atoms with Gasteiger partial charge in [-0.05, 0) is 30.5 Å². The van der Waals surface area contributed by atoms with E-state index in [1.807, 2.05) is 0 Å². The maximum Gasteiger partial charge on any atom is 0.294 e. The van der Waals surface area contributed by atoms with Crippen LogP contribution in [-0.2, 0) is 19.5 Å². The highest BCUT2D eigenvalue weighted by atomic mass is 32.2. The normalized spacial score (nSPS) is 12.0. The Morgan fingerprint density at radius 1 is 1.29 bits per heavy atom. The third-order valence-corrected chi connectivity index (χ3v) is 4.44. The standard InChI is InChI=1S/C11H11NO7S2/c1-5-9(20-19-18-14)3-6-2-7(21(15,16)17)4-8(12)10(6)11(5)13/h2-4,13-14H,12H2,1H3,(H,15,16,17). The van der Waals surface area contributed by atoms with E-state index in [2.05, 4.69) is 9.37 Å². The lowest BCUT2D eigenvalue weighted by Gasteiger charge is -2.12. The van der Waals surface area contributed by atoms with Gasteiger partial charge in [-0.2, -0.15) is 8.42 Å². The minimum atomic E-state index is -4.43. The molecule has 0 aliphatic rings. The molecule has 21 heavy (non-hydrogen) atoms. The van der Waals surface area contributed by atoms with Crippen LogP contribution in [0.1, 0.15) is 5.56 Å². The van der Waals surface area contributed by atoms with Gasteiger partial charge in [-0.1, -0.05) is 5.04 Å². The first-order chi connectivity index (χ1) is 9.75. The molecule has 114 valence electrons. The molecule has 2 aromatic carbocycles. The second-order valence-electron chi connectivity index (χ2n) is 4.16. The van der Waals surface area contributed by atoms with Gasteiger partial charge >= 0.3 is 0 Å². The molecule has 8 nitrogen and oxygen atoms in total. The highest BCUT2D eigenvalue weighted by Crippen LogP contribution is 2.40. The zero-order chi connectivity index (χ0) is 15.8. The number of benzene rings is 2. The van der Waals surface area contributed by atoms with Crippen LogP contribution in [0.3, 0.4) is 0 Å². The number of fused-ring (bicyclic) bond motifs is 1. The number of rotatable bonds is 4. The van der Waals surface area contributed by atoms with Gasteiger partial charge in [0.05, 0.1) is 16.9 Å². The molecule has 0 saturated carbocycles. The summed E-state index contributed by atoms with van der Waals surface area (Å²) in [5, 5.41) is 22.3. The molecule has 0 fully saturated rings. The van der Waals surface area contributed by atoms with Crippen LogP contribution in [0.4, 0.5) is 5.69 Å². The maximum absolute atomic E-state index is 11.2. The quantitative estimate of drug-likeness (QED) is 0.218. The van der Waals surface area contributed by atoms with E-state index in [-0.39, 0.29) is 22.2 Å². The molecule has 10 heteroatoms. The van der Waals surface area contributed by atoms with E-state index in [1.54, 1.807) is 6.92 Å². The smallest absolute Gasteiger partial charge is 0.294 e. The molecule has 0 saturated heterocycles. The summed E-state index contributed by atoms with van der Waals surface area (Å²) in [4.78, 5) is -0.0352. The Morgan fingerprint density at radius 3 is 2.52 bits per heavy atom. The Hall–Kier alpha value is -1.56. The van der Waals surface area contributed by atoms with Crippen molar-refractivity contribution in [2.24, 2.45) is 0 Å². The third-order valence-electron chi connectivity index (χ3n) is 2.87. The van der Waals surface area contributed by atoms with Crippen LogP contribution in [0.25, 0.3) is 10.8 Å². The molecule has 0 spiro atoms. The molecule has 0 aliphatic carbocycles. The molecule has 0 unspecified atom stereocenters. The van der Waals surface area contributed by atoms with Crippen LogP contribution < -0.4 is 5.73 Å². The topological polar surface area (TPSA) is 139 Å².